The first-order valence-electron chi connectivity index (χ1n) is 10.6. The molecule has 2 unspecified atom stereocenters. The zero-order valence-electron chi connectivity index (χ0n) is 18.3. The molecule has 1 N–H and O–H groups in total. The van der Waals surface area contributed by atoms with Crippen LogP contribution in [0, 0.1) is 11.8 Å². The van der Waals surface area contributed by atoms with Crippen LogP contribution in [0.5, 0.6) is 11.5 Å². The zero-order chi connectivity index (χ0) is 23.8. The third-order valence-electron chi connectivity index (χ3n) is 6.19. The van der Waals surface area contributed by atoms with Crippen LogP contribution in [0.1, 0.15) is 31.2 Å². The number of amides is 2. The van der Waals surface area contributed by atoms with Crippen LogP contribution in [0.4, 0.5) is 5.69 Å². The molecular formula is C23H25ClN2O6S. The molecule has 1 saturated heterocycles. The number of anilines is 1. The van der Waals surface area contributed by atoms with Crippen LogP contribution in [0.2, 0.25) is 5.02 Å². The standard InChI is InChI=1S/C23H25ClN2O6S/c1-31-19-10-8-15(12-18(19)24)25-33(29,30)21-11-14(7-9-20(21)32-2)13-26-22(27)16-5-3-4-6-17(16)23(26)28/h7-12,16-17,25H,3-6,13H2,1-2H3. The number of sulfonamides is 1. The second kappa shape index (κ2) is 9.23. The van der Waals surface area contributed by atoms with E-state index in [0.29, 0.717) is 11.3 Å². The second-order valence-electron chi connectivity index (χ2n) is 8.20. The van der Waals surface area contributed by atoms with Gasteiger partial charge in [0, 0.05) is 0 Å². The molecule has 2 fully saturated rings. The Labute approximate surface area is 197 Å². The van der Waals surface area contributed by atoms with Gasteiger partial charge in [-0.3, -0.25) is 19.2 Å². The molecule has 4 rings (SSSR count). The highest BCUT2D eigenvalue weighted by molar-refractivity contribution is 7.92. The Morgan fingerprint density at radius 2 is 1.58 bits per heavy atom. The maximum absolute atomic E-state index is 13.2. The highest BCUT2D eigenvalue weighted by Gasteiger charge is 2.47. The molecule has 0 aromatic heterocycles. The molecule has 2 aromatic rings. The van der Waals surface area contributed by atoms with Crippen molar-refractivity contribution >= 4 is 39.1 Å². The predicted molar refractivity (Wildman–Crippen MR) is 123 cm³/mol. The lowest BCUT2D eigenvalue weighted by Gasteiger charge is -2.19. The molecule has 0 radical (unpaired) electrons. The van der Waals surface area contributed by atoms with Crippen molar-refractivity contribution in [2.24, 2.45) is 11.8 Å². The first kappa shape index (κ1) is 23.4. The van der Waals surface area contributed by atoms with E-state index in [4.69, 9.17) is 21.1 Å². The maximum atomic E-state index is 13.2. The van der Waals surface area contributed by atoms with Crippen molar-refractivity contribution in [2.75, 3.05) is 18.9 Å². The fraction of sp³-hybridized carbons (Fsp3) is 0.391. The molecule has 33 heavy (non-hydrogen) atoms. The summed E-state index contributed by atoms with van der Waals surface area (Å²) in [6, 6.07) is 9.12. The Kier molecular flexibility index (Phi) is 6.54. The Morgan fingerprint density at radius 3 is 2.15 bits per heavy atom. The fourth-order valence-corrected chi connectivity index (χ4v) is 6.07. The Hall–Kier alpha value is -2.78. The van der Waals surface area contributed by atoms with Crippen molar-refractivity contribution in [2.45, 2.75) is 37.1 Å². The number of ether oxygens (including phenoxy) is 2. The summed E-state index contributed by atoms with van der Waals surface area (Å²) in [7, 11) is -1.22. The van der Waals surface area contributed by atoms with Gasteiger partial charge in [-0.05, 0) is 48.7 Å². The molecule has 1 aliphatic carbocycles. The van der Waals surface area contributed by atoms with Gasteiger partial charge >= 0.3 is 0 Å². The van der Waals surface area contributed by atoms with E-state index >= 15 is 0 Å². The first-order valence-corrected chi connectivity index (χ1v) is 12.5. The van der Waals surface area contributed by atoms with Gasteiger partial charge in [0.15, 0.2) is 0 Å². The summed E-state index contributed by atoms with van der Waals surface area (Å²) in [6.45, 7) is 0.0194. The molecule has 1 heterocycles. The van der Waals surface area contributed by atoms with Gasteiger partial charge in [0.1, 0.15) is 16.4 Å². The van der Waals surface area contributed by atoms with E-state index in [1.165, 1.54) is 43.4 Å². The summed E-state index contributed by atoms with van der Waals surface area (Å²) in [6.07, 6.45) is 3.34. The van der Waals surface area contributed by atoms with Crippen LogP contribution in [-0.4, -0.2) is 39.4 Å². The summed E-state index contributed by atoms with van der Waals surface area (Å²) in [5.74, 6) is -0.298. The highest BCUT2D eigenvalue weighted by atomic mass is 35.5. The largest absolute Gasteiger partial charge is 0.495 e. The van der Waals surface area contributed by atoms with E-state index in [0.717, 1.165) is 25.7 Å². The average Bonchev–Trinajstić information content (AvgIpc) is 3.04. The van der Waals surface area contributed by atoms with Gasteiger partial charge in [0.05, 0.1) is 43.3 Å². The lowest BCUT2D eigenvalue weighted by atomic mass is 9.81. The molecule has 2 aliphatic rings. The summed E-state index contributed by atoms with van der Waals surface area (Å²) in [5, 5.41) is 0.256. The number of carbonyl (C=O) groups excluding carboxylic acids is 2. The van der Waals surface area contributed by atoms with E-state index in [1.54, 1.807) is 12.1 Å². The number of likely N-dealkylation sites (tertiary alicyclic amines) is 1. The van der Waals surface area contributed by atoms with Crippen molar-refractivity contribution in [3.05, 3.63) is 47.0 Å². The van der Waals surface area contributed by atoms with Gasteiger partial charge in [-0.25, -0.2) is 8.42 Å². The number of imide groups is 1. The van der Waals surface area contributed by atoms with Gasteiger partial charge < -0.3 is 9.47 Å². The first-order chi connectivity index (χ1) is 15.7. The molecule has 1 saturated carbocycles. The van der Waals surface area contributed by atoms with E-state index in [2.05, 4.69) is 4.72 Å². The minimum absolute atomic E-state index is 0.0194. The number of halogens is 1. The number of fused-ring (bicyclic) bond motifs is 1. The average molecular weight is 493 g/mol. The third kappa shape index (κ3) is 4.52. The monoisotopic (exact) mass is 492 g/mol. The Morgan fingerprint density at radius 1 is 0.970 bits per heavy atom. The van der Waals surface area contributed by atoms with Crippen LogP contribution in [0.15, 0.2) is 41.3 Å². The summed E-state index contributed by atoms with van der Waals surface area (Å²) >= 11 is 6.11. The van der Waals surface area contributed by atoms with Gasteiger partial charge in [0.2, 0.25) is 11.8 Å². The van der Waals surface area contributed by atoms with Crippen LogP contribution in [0.25, 0.3) is 0 Å². The number of carbonyl (C=O) groups is 2. The van der Waals surface area contributed by atoms with E-state index in [1.807, 2.05) is 0 Å². The topological polar surface area (TPSA) is 102 Å². The summed E-state index contributed by atoms with van der Waals surface area (Å²) in [5.41, 5.74) is 0.770. The molecule has 8 nitrogen and oxygen atoms in total. The SMILES string of the molecule is COc1ccc(NS(=O)(=O)c2cc(CN3C(=O)C4CCCCC4C3=O)ccc2OC)cc1Cl. The number of hydrogen-bond donors (Lipinski definition) is 1. The molecule has 0 spiro atoms. The van der Waals surface area contributed by atoms with Crippen LogP contribution in [0.3, 0.4) is 0 Å². The van der Waals surface area contributed by atoms with Gasteiger partial charge in [-0.15, -0.1) is 0 Å². The quantitative estimate of drug-likeness (QED) is 0.589. The lowest BCUT2D eigenvalue weighted by molar-refractivity contribution is -0.140. The molecule has 2 atom stereocenters. The number of nitrogens with one attached hydrogen (secondary N) is 1. The number of benzene rings is 2. The molecular weight excluding hydrogens is 468 g/mol. The number of methoxy groups -OCH3 is 2. The van der Waals surface area contributed by atoms with E-state index in [-0.39, 0.29) is 51.5 Å². The van der Waals surface area contributed by atoms with Gasteiger partial charge in [-0.1, -0.05) is 30.5 Å². The Balaban J connectivity index is 1.61. The van der Waals surface area contributed by atoms with E-state index < -0.39 is 10.0 Å². The molecule has 176 valence electrons. The predicted octanol–water partition coefficient (Wildman–Crippen LogP) is 3.83. The van der Waals surface area contributed by atoms with Crippen LogP contribution >= 0.6 is 11.6 Å². The normalized spacial score (nSPS) is 20.5. The lowest BCUT2D eigenvalue weighted by Crippen LogP contribution is -2.30. The van der Waals surface area contributed by atoms with E-state index in [9.17, 15) is 18.0 Å². The third-order valence-corrected chi connectivity index (χ3v) is 7.89. The smallest absolute Gasteiger partial charge is 0.265 e. The highest BCUT2D eigenvalue weighted by Crippen LogP contribution is 2.39. The van der Waals surface area contributed by atoms with Crippen molar-refractivity contribution < 1.29 is 27.5 Å². The minimum atomic E-state index is -4.06. The number of hydrogen-bond acceptors (Lipinski definition) is 6. The number of nitrogens with zero attached hydrogens (tertiary/aromatic N) is 1. The van der Waals surface area contributed by atoms with Crippen molar-refractivity contribution in [1.82, 2.24) is 4.90 Å². The van der Waals surface area contributed by atoms with Crippen LogP contribution in [-0.2, 0) is 26.2 Å². The Bertz CT molecular complexity index is 1180. The molecule has 10 heteroatoms. The number of rotatable bonds is 7. The van der Waals surface area contributed by atoms with Crippen LogP contribution < -0.4 is 14.2 Å². The summed E-state index contributed by atoms with van der Waals surface area (Å²) < 4.78 is 39.2. The molecule has 2 aromatic carbocycles. The molecule has 1 aliphatic heterocycles. The molecule has 2 amide bonds. The van der Waals surface area contributed by atoms with Crippen molar-refractivity contribution in [1.29, 1.82) is 0 Å². The van der Waals surface area contributed by atoms with Gasteiger partial charge in [-0.2, -0.15) is 0 Å². The zero-order valence-corrected chi connectivity index (χ0v) is 19.9. The minimum Gasteiger partial charge on any atom is -0.495 e. The summed E-state index contributed by atoms with van der Waals surface area (Å²) in [4.78, 5) is 26.8. The fourth-order valence-electron chi connectivity index (χ4n) is 4.54. The van der Waals surface area contributed by atoms with Gasteiger partial charge in [0.25, 0.3) is 10.0 Å². The molecule has 0 bridgehead atoms. The maximum Gasteiger partial charge on any atom is 0.265 e. The van der Waals surface area contributed by atoms with Crippen molar-refractivity contribution in [3.8, 4) is 11.5 Å². The van der Waals surface area contributed by atoms with Crippen molar-refractivity contribution in [3.63, 3.8) is 0 Å². The second-order valence-corrected chi connectivity index (χ2v) is 10.3.